The van der Waals surface area contributed by atoms with Gasteiger partial charge in [-0.3, -0.25) is 0 Å². The van der Waals surface area contributed by atoms with Crippen molar-refractivity contribution in [1.29, 1.82) is 0 Å². The monoisotopic (exact) mass is 320 g/mol. The predicted octanol–water partition coefficient (Wildman–Crippen LogP) is 3.40. The molecule has 0 bridgehead atoms. The van der Waals surface area contributed by atoms with E-state index in [0.717, 1.165) is 18.0 Å². The molecule has 1 aromatic carbocycles. The van der Waals surface area contributed by atoms with Crippen LogP contribution in [0.1, 0.15) is 51.5 Å². The molecular formula is C19H32N2O2. The van der Waals surface area contributed by atoms with E-state index in [9.17, 15) is 0 Å². The van der Waals surface area contributed by atoms with Crippen LogP contribution in [0.5, 0.6) is 11.5 Å². The highest BCUT2D eigenvalue weighted by Gasteiger charge is 2.29. The fourth-order valence-electron chi connectivity index (χ4n) is 3.68. The summed E-state index contributed by atoms with van der Waals surface area (Å²) in [5.41, 5.74) is 7.44. The number of likely N-dealkylation sites (tertiary alicyclic amines) is 1. The zero-order chi connectivity index (χ0) is 16.7. The molecular weight excluding hydrogens is 288 g/mol. The second-order valence-corrected chi connectivity index (χ2v) is 6.11. The van der Waals surface area contributed by atoms with Crippen molar-refractivity contribution in [2.45, 2.75) is 52.0 Å². The van der Waals surface area contributed by atoms with Gasteiger partial charge in [-0.1, -0.05) is 19.4 Å². The lowest BCUT2D eigenvalue weighted by atomic mass is 9.85. The molecule has 1 aromatic rings. The summed E-state index contributed by atoms with van der Waals surface area (Å²) >= 11 is 0. The lowest BCUT2D eigenvalue weighted by Crippen LogP contribution is -2.45. The van der Waals surface area contributed by atoms with Crippen LogP contribution in [0.2, 0.25) is 0 Å². The summed E-state index contributed by atoms with van der Waals surface area (Å²) in [6.07, 6.45) is 3.83. The predicted molar refractivity (Wildman–Crippen MR) is 95.5 cm³/mol. The molecule has 1 saturated heterocycles. The molecule has 2 rings (SSSR count). The van der Waals surface area contributed by atoms with E-state index in [0.29, 0.717) is 31.7 Å². The van der Waals surface area contributed by atoms with Crippen molar-refractivity contribution in [2.75, 3.05) is 32.8 Å². The van der Waals surface area contributed by atoms with Gasteiger partial charge in [-0.05, 0) is 57.5 Å². The van der Waals surface area contributed by atoms with Gasteiger partial charge in [-0.2, -0.15) is 0 Å². The van der Waals surface area contributed by atoms with Crippen LogP contribution in [0.15, 0.2) is 18.2 Å². The second-order valence-electron chi connectivity index (χ2n) is 6.11. The van der Waals surface area contributed by atoms with Gasteiger partial charge in [0.05, 0.1) is 13.2 Å². The third kappa shape index (κ3) is 4.39. The number of hydrogen-bond acceptors (Lipinski definition) is 4. The van der Waals surface area contributed by atoms with Gasteiger partial charge in [0.15, 0.2) is 11.5 Å². The van der Waals surface area contributed by atoms with Crippen LogP contribution in [0.25, 0.3) is 0 Å². The van der Waals surface area contributed by atoms with E-state index in [-0.39, 0.29) is 0 Å². The summed E-state index contributed by atoms with van der Waals surface area (Å²) in [4.78, 5) is 2.58. The van der Waals surface area contributed by atoms with Crippen LogP contribution < -0.4 is 15.2 Å². The Morgan fingerprint density at radius 3 is 2.52 bits per heavy atom. The van der Waals surface area contributed by atoms with E-state index < -0.39 is 0 Å². The maximum absolute atomic E-state index is 6.17. The van der Waals surface area contributed by atoms with Gasteiger partial charge in [-0.15, -0.1) is 0 Å². The van der Waals surface area contributed by atoms with Gasteiger partial charge in [0.25, 0.3) is 0 Å². The molecule has 130 valence electrons. The lowest BCUT2D eigenvalue weighted by molar-refractivity contribution is 0.133. The highest BCUT2D eigenvalue weighted by molar-refractivity contribution is 5.44. The third-order valence-electron chi connectivity index (χ3n) is 4.78. The minimum absolute atomic E-state index is 0.352. The summed E-state index contributed by atoms with van der Waals surface area (Å²) in [7, 11) is 0. The molecule has 4 nitrogen and oxygen atoms in total. The van der Waals surface area contributed by atoms with E-state index in [2.05, 4.69) is 24.0 Å². The van der Waals surface area contributed by atoms with Crippen molar-refractivity contribution in [3.05, 3.63) is 23.8 Å². The van der Waals surface area contributed by atoms with Gasteiger partial charge in [-0.25, -0.2) is 0 Å². The second kappa shape index (κ2) is 9.14. The van der Waals surface area contributed by atoms with E-state index in [1.807, 2.05) is 19.9 Å². The first kappa shape index (κ1) is 18.1. The Morgan fingerprint density at radius 1 is 1.13 bits per heavy atom. The topological polar surface area (TPSA) is 47.7 Å². The Bertz CT molecular complexity index is 478. The van der Waals surface area contributed by atoms with Gasteiger partial charge in [0, 0.05) is 18.5 Å². The number of nitrogens with two attached hydrogens (primary N) is 1. The van der Waals surface area contributed by atoms with Crippen LogP contribution in [-0.4, -0.2) is 43.8 Å². The Hall–Kier alpha value is -1.26. The summed E-state index contributed by atoms with van der Waals surface area (Å²) in [6.45, 7) is 10.5. The van der Waals surface area contributed by atoms with Crippen molar-refractivity contribution in [2.24, 2.45) is 5.73 Å². The molecule has 0 amide bonds. The van der Waals surface area contributed by atoms with Crippen molar-refractivity contribution < 1.29 is 9.47 Å². The molecule has 0 aromatic heterocycles. The van der Waals surface area contributed by atoms with Crippen LogP contribution >= 0.6 is 0 Å². The average Bonchev–Trinajstić information content (AvgIpc) is 2.58. The number of ether oxygens (including phenoxy) is 2. The number of likely N-dealkylation sites (N-methyl/N-ethyl adjacent to an activating group) is 1. The first-order valence-electron chi connectivity index (χ1n) is 9.08. The van der Waals surface area contributed by atoms with Gasteiger partial charge in [0.2, 0.25) is 0 Å². The fraction of sp³-hybridized carbons (Fsp3) is 0.684. The average molecular weight is 320 g/mol. The van der Waals surface area contributed by atoms with Gasteiger partial charge in [0.1, 0.15) is 0 Å². The molecule has 4 heteroatoms. The first-order chi connectivity index (χ1) is 11.2. The minimum Gasteiger partial charge on any atom is -0.490 e. The molecule has 1 fully saturated rings. The normalized spacial score (nSPS) is 20.3. The Balaban J connectivity index is 2.27. The Morgan fingerprint density at radius 2 is 1.87 bits per heavy atom. The zero-order valence-electron chi connectivity index (χ0n) is 14.9. The van der Waals surface area contributed by atoms with Gasteiger partial charge < -0.3 is 20.1 Å². The Kier molecular flexibility index (Phi) is 7.18. The van der Waals surface area contributed by atoms with Crippen LogP contribution in [-0.2, 0) is 0 Å². The zero-order valence-corrected chi connectivity index (χ0v) is 14.9. The largest absolute Gasteiger partial charge is 0.490 e. The molecule has 0 radical (unpaired) electrons. The van der Waals surface area contributed by atoms with Crippen LogP contribution in [0, 0.1) is 0 Å². The SMILES string of the molecule is CCOc1ccc(C(CN)C2CCCCN2CC)cc1OCC. The smallest absolute Gasteiger partial charge is 0.161 e. The molecule has 1 aliphatic rings. The molecule has 2 N–H and O–H groups in total. The summed E-state index contributed by atoms with van der Waals surface area (Å²) in [5.74, 6) is 2.01. The standard InChI is InChI=1S/C19H32N2O2/c1-4-21-12-8-7-9-17(21)16(14-20)15-10-11-18(22-5-2)19(13-15)23-6-3/h10-11,13,16-17H,4-9,12,14,20H2,1-3H3. The molecule has 2 atom stereocenters. The highest BCUT2D eigenvalue weighted by Crippen LogP contribution is 2.35. The quantitative estimate of drug-likeness (QED) is 0.797. The minimum atomic E-state index is 0.352. The number of piperidine rings is 1. The number of rotatable bonds is 8. The van der Waals surface area contributed by atoms with Crippen molar-refractivity contribution in [3.63, 3.8) is 0 Å². The van der Waals surface area contributed by atoms with Crippen LogP contribution in [0.4, 0.5) is 0 Å². The molecule has 1 aliphatic heterocycles. The van der Waals surface area contributed by atoms with Gasteiger partial charge >= 0.3 is 0 Å². The summed E-state index contributed by atoms with van der Waals surface area (Å²) in [6, 6.07) is 6.86. The lowest BCUT2D eigenvalue weighted by Gasteiger charge is -2.40. The van der Waals surface area contributed by atoms with E-state index in [4.69, 9.17) is 15.2 Å². The summed E-state index contributed by atoms with van der Waals surface area (Å²) < 4.78 is 11.5. The number of hydrogen-bond donors (Lipinski definition) is 1. The fourth-order valence-corrected chi connectivity index (χ4v) is 3.68. The number of benzene rings is 1. The molecule has 1 heterocycles. The van der Waals surface area contributed by atoms with Crippen molar-refractivity contribution in [3.8, 4) is 11.5 Å². The molecule has 23 heavy (non-hydrogen) atoms. The first-order valence-corrected chi connectivity index (χ1v) is 9.08. The van der Waals surface area contributed by atoms with Crippen LogP contribution in [0.3, 0.4) is 0 Å². The maximum atomic E-state index is 6.17. The maximum Gasteiger partial charge on any atom is 0.161 e. The highest BCUT2D eigenvalue weighted by atomic mass is 16.5. The van der Waals surface area contributed by atoms with Crippen molar-refractivity contribution in [1.82, 2.24) is 4.90 Å². The molecule has 0 spiro atoms. The van der Waals surface area contributed by atoms with E-state index >= 15 is 0 Å². The molecule has 2 unspecified atom stereocenters. The third-order valence-corrected chi connectivity index (χ3v) is 4.78. The van der Waals surface area contributed by atoms with E-state index in [1.54, 1.807) is 0 Å². The summed E-state index contributed by atoms with van der Waals surface area (Å²) in [5, 5.41) is 0. The Labute approximate surface area is 140 Å². The van der Waals surface area contributed by atoms with Crippen molar-refractivity contribution >= 4 is 0 Å². The molecule has 0 saturated carbocycles. The molecule has 0 aliphatic carbocycles. The number of nitrogens with zero attached hydrogens (tertiary/aromatic N) is 1. The van der Waals surface area contributed by atoms with E-state index in [1.165, 1.54) is 31.4 Å².